The number of carbonyl (C=O) groups is 1. The molecule has 2 heterocycles. The number of nitrogens with zero attached hydrogens (tertiary/aromatic N) is 2. The zero-order valence-corrected chi connectivity index (χ0v) is 13.2. The lowest BCUT2D eigenvalue weighted by Crippen LogP contribution is -2.41. The summed E-state index contributed by atoms with van der Waals surface area (Å²) in [6, 6.07) is 6.21. The highest BCUT2D eigenvalue weighted by Gasteiger charge is 2.36. The predicted molar refractivity (Wildman–Crippen MR) is 85.6 cm³/mol. The van der Waals surface area contributed by atoms with Crippen LogP contribution in [0.2, 0.25) is 0 Å². The molecule has 0 aromatic carbocycles. The molecule has 0 aliphatic heterocycles. The lowest BCUT2D eigenvalue weighted by Gasteiger charge is -2.38. The van der Waals surface area contributed by atoms with E-state index in [1.165, 1.54) is 19.4 Å². The van der Waals surface area contributed by atoms with Crippen molar-refractivity contribution in [3.63, 3.8) is 0 Å². The van der Waals surface area contributed by atoms with Gasteiger partial charge in [-0.15, -0.1) is 0 Å². The van der Waals surface area contributed by atoms with Crippen molar-refractivity contribution in [1.29, 1.82) is 0 Å². The second kappa shape index (κ2) is 6.84. The Morgan fingerprint density at radius 3 is 2.71 bits per heavy atom. The van der Waals surface area contributed by atoms with Crippen LogP contribution >= 0.6 is 0 Å². The molecule has 1 amide bonds. The van der Waals surface area contributed by atoms with Gasteiger partial charge in [-0.05, 0) is 36.5 Å². The van der Waals surface area contributed by atoms with Crippen molar-refractivity contribution in [3.05, 3.63) is 47.9 Å². The van der Waals surface area contributed by atoms with Crippen LogP contribution in [0.4, 0.5) is 0 Å². The number of aromatic nitrogens is 2. The number of amides is 1. The Kier molecular flexibility index (Phi) is 4.61. The molecule has 1 atom stereocenters. The molecule has 1 aliphatic rings. The first-order chi connectivity index (χ1) is 11.6. The summed E-state index contributed by atoms with van der Waals surface area (Å²) in [7, 11) is 1.54. The molecule has 1 aliphatic carbocycles. The lowest BCUT2D eigenvalue weighted by molar-refractivity contribution is 0.0233. The minimum atomic E-state index is -0.463. The van der Waals surface area contributed by atoms with Crippen molar-refractivity contribution in [2.24, 2.45) is 5.92 Å². The van der Waals surface area contributed by atoms with E-state index >= 15 is 0 Å². The average Bonchev–Trinajstić information content (AvgIpc) is 2.57. The predicted octanol–water partition coefficient (Wildman–Crippen LogP) is 1.43. The Balaban J connectivity index is 1.82. The largest absolute Gasteiger partial charge is 0.505 e. The van der Waals surface area contributed by atoms with E-state index in [9.17, 15) is 15.0 Å². The number of carbonyl (C=O) groups excluding carboxylic acids is 1. The van der Waals surface area contributed by atoms with Crippen LogP contribution in [0.3, 0.4) is 0 Å². The van der Waals surface area contributed by atoms with E-state index in [1.807, 2.05) is 6.07 Å². The number of aliphatic hydroxyl groups excluding tert-OH is 1. The molecule has 2 aromatic heterocycles. The minimum absolute atomic E-state index is 0.0242. The second-order valence-electron chi connectivity index (χ2n) is 5.84. The maximum Gasteiger partial charge on any atom is 0.274 e. The zero-order chi connectivity index (χ0) is 17.1. The first-order valence-corrected chi connectivity index (χ1v) is 7.71. The molecular formula is C17H19N3O4. The van der Waals surface area contributed by atoms with Crippen LogP contribution in [-0.2, 0) is 0 Å². The maximum absolute atomic E-state index is 12.5. The molecule has 0 bridgehead atoms. The third-order valence-electron chi connectivity index (χ3n) is 4.24. The van der Waals surface area contributed by atoms with Crippen LogP contribution in [-0.4, -0.2) is 39.3 Å². The maximum atomic E-state index is 12.5. The van der Waals surface area contributed by atoms with Gasteiger partial charge in [-0.1, -0.05) is 6.07 Å². The Morgan fingerprint density at radius 2 is 2.12 bits per heavy atom. The van der Waals surface area contributed by atoms with Crippen molar-refractivity contribution in [2.75, 3.05) is 7.11 Å². The number of aromatic hydroxyl groups is 1. The molecule has 0 radical (unpaired) electrons. The smallest absolute Gasteiger partial charge is 0.274 e. The number of rotatable bonds is 5. The summed E-state index contributed by atoms with van der Waals surface area (Å²) in [5.41, 5.74) is 0.792. The Morgan fingerprint density at radius 1 is 1.33 bits per heavy atom. The number of nitrogens with one attached hydrogen (secondary N) is 1. The van der Waals surface area contributed by atoms with E-state index < -0.39 is 5.91 Å². The summed E-state index contributed by atoms with van der Waals surface area (Å²) in [5, 5.41) is 22.3. The zero-order valence-electron chi connectivity index (χ0n) is 13.2. The Bertz CT molecular complexity index is 714. The number of pyridine rings is 2. The van der Waals surface area contributed by atoms with Gasteiger partial charge in [0, 0.05) is 18.5 Å². The molecular weight excluding hydrogens is 310 g/mol. The van der Waals surface area contributed by atoms with Gasteiger partial charge in [-0.3, -0.25) is 4.79 Å². The van der Waals surface area contributed by atoms with E-state index in [2.05, 4.69) is 15.3 Å². The summed E-state index contributed by atoms with van der Waals surface area (Å²) in [6.07, 6.45) is 3.96. The molecule has 3 rings (SSSR count). The minimum Gasteiger partial charge on any atom is -0.505 e. The number of ether oxygens (including phenoxy) is 1. The number of aliphatic hydroxyl groups is 1. The first kappa shape index (κ1) is 16.2. The fraction of sp³-hybridized carbons (Fsp3) is 0.353. The van der Waals surface area contributed by atoms with E-state index in [-0.39, 0.29) is 29.5 Å². The van der Waals surface area contributed by atoms with Crippen molar-refractivity contribution in [1.82, 2.24) is 15.3 Å². The average molecular weight is 329 g/mol. The SMILES string of the molecule is COc1ccc([C@H](NC(=O)c2ncccc2O)C2CC(O)C2)cn1. The third kappa shape index (κ3) is 3.30. The lowest BCUT2D eigenvalue weighted by atomic mass is 9.75. The Labute approximate surface area is 139 Å². The molecule has 7 nitrogen and oxygen atoms in total. The summed E-state index contributed by atoms with van der Waals surface area (Å²) in [5.74, 6) is -0.0459. The van der Waals surface area contributed by atoms with Gasteiger partial charge in [0.05, 0.1) is 19.3 Å². The molecule has 2 aromatic rings. The summed E-state index contributed by atoms with van der Waals surface area (Å²) in [6.45, 7) is 0. The van der Waals surface area contributed by atoms with Crippen LogP contribution in [0, 0.1) is 5.92 Å². The monoisotopic (exact) mass is 329 g/mol. The fourth-order valence-corrected chi connectivity index (χ4v) is 2.85. The van der Waals surface area contributed by atoms with E-state index in [1.54, 1.807) is 18.3 Å². The highest BCUT2D eigenvalue weighted by atomic mass is 16.5. The summed E-state index contributed by atoms with van der Waals surface area (Å²) < 4.78 is 5.05. The normalized spacial score (nSPS) is 20.8. The molecule has 0 spiro atoms. The van der Waals surface area contributed by atoms with Crippen molar-refractivity contribution >= 4 is 5.91 Å². The van der Waals surface area contributed by atoms with Crippen molar-refractivity contribution in [2.45, 2.75) is 25.0 Å². The van der Waals surface area contributed by atoms with Gasteiger partial charge in [0.1, 0.15) is 5.75 Å². The van der Waals surface area contributed by atoms with E-state index in [0.29, 0.717) is 18.7 Å². The first-order valence-electron chi connectivity index (χ1n) is 7.71. The highest BCUT2D eigenvalue weighted by Crippen LogP contribution is 2.38. The van der Waals surface area contributed by atoms with Crippen LogP contribution in [0.1, 0.15) is 34.9 Å². The van der Waals surface area contributed by atoms with Gasteiger partial charge in [0.15, 0.2) is 5.69 Å². The van der Waals surface area contributed by atoms with Gasteiger partial charge < -0.3 is 20.3 Å². The van der Waals surface area contributed by atoms with Gasteiger partial charge in [0.2, 0.25) is 5.88 Å². The standard InChI is InChI=1S/C17H19N3O4/c1-24-14-5-4-10(9-19-14)15(11-7-12(21)8-11)20-17(23)16-13(22)3-2-6-18-16/h2-6,9,11-12,15,21-22H,7-8H2,1H3,(H,20,23)/t11?,12?,15-/m0/s1. The summed E-state index contributed by atoms with van der Waals surface area (Å²) in [4.78, 5) is 20.6. The fourth-order valence-electron chi connectivity index (χ4n) is 2.85. The van der Waals surface area contributed by atoms with Gasteiger partial charge >= 0.3 is 0 Å². The third-order valence-corrected chi connectivity index (χ3v) is 4.24. The van der Waals surface area contributed by atoms with E-state index in [4.69, 9.17) is 4.74 Å². The number of methoxy groups -OCH3 is 1. The van der Waals surface area contributed by atoms with Crippen molar-refractivity contribution in [3.8, 4) is 11.6 Å². The van der Waals surface area contributed by atoms with Gasteiger partial charge in [-0.2, -0.15) is 0 Å². The van der Waals surface area contributed by atoms with Gasteiger partial charge in [-0.25, -0.2) is 9.97 Å². The molecule has 126 valence electrons. The number of hydrogen-bond acceptors (Lipinski definition) is 6. The van der Waals surface area contributed by atoms with Crippen LogP contribution in [0.5, 0.6) is 11.6 Å². The van der Waals surface area contributed by atoms with E-state index in [0.717, 1.165) is 5.56 Å². The molecule has 24 heavy (non-hydrogen) atoms. The molecule has 3 N–H and O–H groups in total. The number of hydrogen-bond donors (Lipinski definition) is 3. The van der Waals surface area contributed by atoms with Crippen molar-refractivity contribution < 1.29 is 19.7 Å². The molecule has 1 saturated carbocycles. The topological polar surface area (TPSA) is 105 Å². The van der Waals surface area contributed by atoms with Crippen LogP contribution in [0.15, 0.2) is 36.7 Å². The molecule has 1 fully saturated rings. The second-order valence-corrected chi connectivity index (χ2v) is 5.84. The van der Waals surface area contributed by atoms with Gasteiger partial charge in [0.25, 0.3) is 5.91 Å². The summed E-state index contributed by atoms with van der Waals surface area (Å²) >= 11 is 0. The highest BCUT2D eigenvalue weighted by molar-refractivity contribution is 5.95. The molecule has 0 saturated heterocycles. The van der Waals surface area contributed by atoms with Crippen LogP contribution in [0.25, 0.3) is 0 Å². The molecule has 0 unspecified atom stereocenters. The Hall–Kier alpha value is -2.67. The molecule has 7 heteroatoms. The van der Waals surface area contributed by atoms with Crippen LogP contribution < -0.4 is 10.1 Å². The quantitative estimate of drug-likeness (QED) is 0.766.